The zero-order chi connectivity index (χ0) is 23.8. The summed E-state index contributed by atoms with van der Waals surface area (Å²) in [6.45, 7) is 2.52. The van der Waals surface area contributed by atoms with Crippen molar-refractivity contribution in [3.8, 4) is 5.69 Å². The normalized spacial score (nSPS) is 11.0. The summed E-state index contributed by atoms with van der Waals surface area (Å²) in [4.78, 5) is 12.3. The lowest BCUT2D eigenvalue weighted by atomic mass is 10.2. The van der Waals surface area contributed by atoms with E-state index in [4.69, 9.17) is 0 Å². The van der Waals surface area contributed by atoms with Gasteiger partial charge in [-0.25, -0.2) is 9.82 Å². The summed E-state index contributed by atoms with van der Waals surface area (Å²) < 4.78 is 14.9. The molecular weight excluding hydrogens is 451 g/mol. The molecule has 0 aliphatic carbocycles. The van der Waals surface area contributed by atoms with Gasteiger partial charge in [-0.2, -0.15) is 5.10 Å². The van der Waals surface area contributed by atoms with Crippen molar-refractivity contribution in [3.05, 3.63) is 102 Å². The molecule has 0 aliphatic rings. The maximum absolute atomic E-state index is 13.0. The smallest absolute Gasteiger partial charge is 0.250 e. The van der Waals surface area contributed by atoms with Gasteiger partial charge in [0, 0.05) is 11.4 Å². The average Bonchev–Trinajstić information content (AvgIpc) is 3.27. The van der Waals surface area contributed by atoms with Crippen molar-refractivity contribution in [3.63, 3.8) is 0 Å². The van der Waals surface area contributed by atoms with Gasteiger partial charge >= 0.3 is 0 Å². The van der Waals surface area contributed by atoms with Crippen LogP contribution in [0.4, 0.5) is 10.1 Å². The molecule has 3 aromatic carbocycles. The number of para-hydroxylation sites is 1. The molecule has 1 amide bonds. The van der Waals surface area contributed by atoms with Crippen LogP contribution in [0.15, 0.2) is 89.1 Å². The van der Waals surface area contributed by atoms with Crippen molar-refractivity contribution in [1.82, 2.24) is 20.2 Å². The number of benzene rings is 3. The molecule has 172 valence electrons. The minimum atomic E-state index is -0.325. The van der Waals surface area contributed by atoms with Crippen molar-refractivity contribution in [2.75, 3.05) is 11.1 Å². The number of carbonyl (C=O) groups is 1. The minimum Gasteiger partial charge on any atom is -0.378 e. The summed E-state index contributed by atoms with van der Waals surface area (Å²) in [5, 5.41) is 16.6. The molecule has 7 nitrogen and oxygen atoms in total. The Kier molecular flexibility index (Phi) is 7.67. The first-order valence-electron chi connectivity index (χ1n) is 10.6. The standard InChI is InChI=1S/C25H23FN6OS/c1-18-7-13-21(14-8-18)27-16-23-29-31-25(32(23)22-5-3-2-4-6-22)34-17-24(33)30-28-15-19-9-11-20(26)12-10-19/h2-15,27H,16-17H2,1H3,(H,30,33)/b28-15+. The van der Waals surface area contributed by atoms with Crippen LogP contribution in [0.2, 0.25) is 0 Å². The van der Waals surface area contributed by atoms with Crippen molar-refractivity contribution in [2.45, 2.75) is 18.6 Å². The van der Waals surface area contributed by atoms with E-state index in [9.17, 15) is 9.18 Å². The third kappa shape index (κ3) is 6.29. The summed E-state index contributed by atoms with van der Waals surface area (Å²) >= 11 is 1.27. The zero-order valence-electron chi connectivity index (χ0n) is 18.5. The molecule has 0 spiro atoms. The van der Waals surface area contributed by atoms with Crippen LogP contribution in [0.25, 0.3) is 5.69 Å². The van der Waals surface area contributed by atoms with E-state index in [1.165, 1.54) is 35.7 Å². The van der Waals surface area contributed by atoms with Gasteiger partial charge in [0.1, 0.15) is 5.82 Å². The molecule has 2 N–H and O–H groups in total. The third-order valence-electron chi connectivity index (χ3n) is 4.82. The second-order valence-corrected chi connectivity index (χ2v) is 8.37. The lowest BCUT2D eigenvalue weighted by Crippen LogP contribution is -2.20. The molecular formula is C25H23FN6OS. The number of nitrogens with zero attached hydrogens (tertiary/aromatic N) is 4. The van der Waals surface area contributed by atoms with Crippen LogP contribution in [0.1, 0.15) is 17.0 Å². The molecule has 34 heavy (non-hydrogen) atoms. The summed E-state index contributed by atoms with van der Waals surface area (Å²) in [5.74, 6) is 0.222. The van der Waals surface area contributed by atoms with Gasteiger partial charge in [0.15, 0.2) is 11.0 Å². The van der Waals surface area contributed by atoms with Gasteiger partial charge in [-0.1, -0.05) is 59.8 Å². The third-order valence-corrected chi connectivity index (χ3v) is 5.75. The van der Waals surface area contributed by atoms with E-state index >= 15 is 0 Å². The second kappa shape index (κ2) is 11.2. The Morgan fingerprint density at radius 1 is 1.03 bits per heavy atom. The van der Waals surface area contributed by atoms with Crippen LogP contribution >= 0.6 is 11.8 Å². The number of hydrogen-bond donors (Lipinski definition) is 2. The number of aryl methyl sites for hydroxylation is 1. The number of thioether (sulfide) groups is 1. The highest BCUT2D eigenvalue weighted by molar-refractivity contribution is 7.99. The number of hydrazone groups is 1. The Hall–Kier alpha value is -3.98. The monoisotopic (exact) mass is 474 g/mol. The number of rotatable bonds is 9. The highest BCUT2D eigenvalue weighted by Crippen LogP contribution is 2.22. The molecule has 1 aromatic heterocycles. The van der Waals surface area contributed by atoms with E-state index in [-0.39, 0.29) is 17.5 Å². The van der Waals surface area contributed by atoms with E-state index in [1.807, 2.05) is 66.1 Å². The summed E-state index contributed by atoms with van der Waals surface area (Å²) in [5.41, 5.74) is 6.25. The van der Waals surface area contributed by atoms with E-state index in [0.717, 1.165) is 17.2 Å². The van der Waals surface area contributed by atoms with Crippen LogP contribution < -0.4 is 10.7 Å². The number of halogens is 1. The number of anilines is 1. The van der Waals surface area contributed by atoms with Gasteiger partial charge in [-0.05, 0) is 48.9 Å². The number of nitrogens with one attached hydrogen (secondary N) is 2. The van der Waals surface area contributed by atoms with Crippen LogP contribution in [-0.4, -0.2) is 32.6 Å². The first-order chi connectivity index (χ1) is 16.6. The molecule has 0 aliphatic heterocycles. The number of carbonyl (C=O) groups excluding carboxylic acids is 1. The first kappa shape index (κ1) is 23.2. The fraction of sp³-hybridized carbons (Fsp3) is 0.120. The molecule has 0 atom stereocenters. The van der Waals surface area contributed by atoms with Crippen molar-refractivity contribution >= 4 is 29.6 Å². The molecule has 0 unspecified atom stereocenters. The van der Waals surface area contributed by atoms with Gasteiger partial charge in [-0.15, -0.1) is 10.2 Å². The van der Waals surface area contributed by atoms with Gasteiger partial charge in [-0.3, -0.25) is 9.36 Å². The maximum atomic E-state index is 13.0. The van der Waals surface area contributed by atoms with E-state index in [1.54, 1.807) is 12.1 Å². The molecule has 0 saturated carbocycles. The van der Waals surface area contributed by atoms with Crippen LogP contribution in [0.3, 0.4) is 0 Å². The van der Waals surface area contributed by atoms with Crippen LogP contribution in [0, 0.1) is 12.7 Å². The van der Waals surface area contributed by atoms with E-state index < -0.39 is 0 Å². The quantitative estimate of drug-likeness (QED) is 0.211. The van der Waals surface area contributed by atoms with E-state index in [0.29, 0.717) is 17.3 Å². The zero-order valence-corrected chi connectivity index (χ0v) is 19.3. The van der Waals surface area contributed by atoms with Gasteiger partial charge in [0.25, 0.3) is 5.91 Å². The summed E-state index contributed by atoms with van der Waals surface area (Å²) in [6.07, 6.45) is 1.46. The molecule has 0 bridgehead atoms. The summed E-state index contributed by atoms with van der Waals surface area (Å²) in [7, 11) is 0. The molecule has 4 aromatic rings. The van der Waals surface area contributed by atoms with E-state index in [2.05, 4.69) is 26.0 Å². The van der Waals surface area contributed by atoms with Crippen molar-refractivity contribution in [2.24, 2.45) is 5.10 Å². The average molecular weight is 475 g/mol. The topological polar surface area (TPSA) is 84.2 Å². The van der Waals surface area contributed by atoms with Crippen molar-refractivity contribution in [1.29, 1.82) is 0 Å². The van der Waals surface area contributed by atoms with Crippen LogP contribution in [0.5, 0.6) is 0 Å². The number of hydrogen-bond acceptors (Lipinski definition) is 6. The first-order valence-corrected chi connectivity index (χ1v) is 11.6. The highest BCUT2D eigenvalue weighted by Gasteiger charge is 2.15. The summed E-state index contributed by atoms with van der Waals surface area (Å²) in [6, 6.07) is 23.7. The number of amides is 1. The molecule has 0 saturated heterocycles. The molecule has 1 heterocycles. The minimum absolute atomic E-state index is 0.108. The maximum Gasteiger partial charge on any atom is 0.250 e. The Morgan fingerprint density at radius 3 is 2.50 bits per heavy atom. The molecule has 4 rings (SSSR count). The Bertz CT molecular complexity index is 1260. The van der Waals surface area contributed by atoms with Gasteiger partial charge in [0.2, 0.25) is 0 Å². The van der Waals surface area contributed by atoms with Gasteiger partial charge in [0.05, 0.1) is 18.5 Å². The molecule has 0 radical (unpaired) electrons. The predicted octanol–water partition coefficient (Wildman–Crippen LogP) is 4.57. The van der Waals surface area contributed by atoms with Gasteiger partial charge < -0.3 is 5.32 Å². The fourth-order valence-electron chi connectivity index (χ4n) is 3.09. The highest BCUT2D eigenvalue weighted by atomic mass is 32.2. The Balaban J connectivity index is 1.42. The Morgan fingerprint density at radius 2 is 1.76 bits per heavy atom. The number of aromatic nitrogens is 3. The Labute approximate surface area is 201 Å². The van der Waals surface area contributed by atoms with Crippen LogP contribution in [-0.2, 0) is 11.3 Å². The molecule has 9 heteroatoms. The fourth-order valence-corrected chi connectivity index (χ4v) is 3.85. The lowest BCUT2D eigenvalue weighted by Gasteiger charge is -2.11. The lowest BCUT2D eigenvalue weighted by molar-refractivity contribution is -0.118. The largest absolute Gasteiger partial charge is 0.378 e. The molecule has 0 fully saturated rings. The predicted molar refractivity (Wildman–Crippen MR) is 133 cm³/mol. The second-order valence-electron chi connectivity index (χ2n) is 7.42. The van der Waals surface area contributed by atoms with Crippen molar-refractivity contribution < 1.29 is 9.18 Å². The SMILES string of the molecule is Cc1ccc(NCc2nnc(SCC(=O)N/N=C/c3ccc(F)cc3)n2-c2ccccc2)cc1.